The van der Waals surface area contributed by atoms with E-state index < -0.39 is 16.6 Å². The molecule has 4 fully saturated rings. The zero-order valence-corrected chi connectivity index (χ0v) is 17.0. The first-order valence-electron chi connectivity index (χ1n) is 10.6. The molecule has 1 aliphatic heterocycles. The number of epoxide rings is 1. The van der Waals surface area contributed by atoms with Gasteiger partial charge in [0.05, 0.1) is 18.4 Å². The predicted octanol–water partition coefficient (Wildman–Crippen LogP) is 3.38. The van der Waals surface area contributed by atoms with Gasteiger partial charge in [0.25, 0.3) is 0 Å². The SMILES string of the molecule is COCC1(C#N)O[C@@]12CC[C@H]1[C@@H]3CC=C4CC(=O)CC(=O)[C@]4(C)[C@H]3CC[C@@]12C. The van der Waals surface area contributed by atoms with E-state index in [0.717, 1.165) is 37.7 Å². The molecule has 0 aromatic heterocycles. The lowest BCUT2D eigenvalue weighted by molar-refractivity contribution is -0.141. The Morgan fingerprint density at radius 2 is 1.96 bits per heavy atom. The van der Waals surface area contributed by atoms with Crippen molar-refractivity contribution in [2.75, 3.05) is 13.7 Å². The van der Waals surface area contributed by atoms with Gasteiger partial charge in [0.1, 0.15) is 23.2 Å². The number of carbonyl (C=O) groups excluding carboxylic acids is 2. The molecule has 5 rings (SSSR count). The van der Waals surface area contributed by atoms with Gasteiger partial charge in [-0.2, -0.15) is 5.26 Å². The first-order chi connectivity index (χ1) is 13.3. The van der Waals surface area contributed by atoms with Crippen molar-refractivity contribution in [1.29, 1.82) is 5.26 Å². The summed E-state index contributed by atoms with van der Waals surface area (Å²) < 4.78 is 11.6. The Balaban J connectivity index is 1.51. The maximum absolute atomic E-state index is 13.0. The number of nitriles is 1. The molecule has 0 N–H and O–H groups in total. The number of hydrogen-bond donors (Lipinski definition) is 0. The number of Topliss-reactive ketones (excluding diaryl/α,β-unsaturated/α-hetero) is 2. The normalized spacial score (nSPS) is 51.8. The molecule has 3 saturated carbocycles. The number of nitrogens with zero attached hydrogens (tertiary/aromatic N) is 1. The van der Waals surface area contributed by atoms with Crippen LogP contribution in [0.4, 0.5) is 0 Å². The molecule has 1 heterocycles. The van der Waals surface area contributed by atoms with E-state index in [1.165, 1.54) is 0 Å². The fraction of sp³-hybridized carbons (Fsp3) is 0.783. The summed E-state index contributed by atoms with van der Waals surface area (Å²) in [6.07, 6.45) is 7.55. The van der Waals surface area contributed by atoms with E-state index in [1.54, 1.807) is 7.11 Å². The molecule has 28 heavy (non-hydrogen) atoms. The van der Waals surface area contributed by atoms with Gasteiger partial charge in [-0.3, -0.25) is 9.59 Å². The van der Waals surface area contributed by atoms with Crippen LogP contribution in [-0.4, -0.2) is 36.5 Å². The standard InChI is InChI=1S/C23H29NO4/c1-20-8-6-18-16(5-4-14-10-15(25)11-19(26)21(14,18)2)17(20)7-9-23(20)22(12-24,28-23)13-27-3/h4,16-18H,5-11,13H2,1-3H3/t16-,17-,18-,20-,21-,22?,23+/m0/s1. The molecule has 0 aromatic carbocycles. The van der Waals surface area contributed by atoms with Gasteiger partial charge in [-0.15, -0.1) is 0 Å². The van der Waals surface area contributed by atoms with Crippen LogP contribution >= 0.6 is 0 Å². The first-order valence-corrected chi connectivity index (χ1v) is 10.6. The highest BCUT2D eigenvalue weighted by molar-refractivity contribution is 6.07. The molecule has 0 aromatic rings. The van der Waals surface area contributed by atoms with Crippen molar-refractivity contribution < 1.29 is 19.1 Å². The average molecular weight is 383 g/mol. The van der Waals surface area contributed by atoms with Gasteiger partial charge in [0, 0.05) is 18.9 Å². The quantitative estimate of drug-likeness (QED) is 0.415. The summed E-state index contributed by atoms with van der Waals surface area (Å²) in [7, 11) is 1.63. The molecule has 150 valence electrons. The van der Waals surface area contributed by atoms with Crippen LogP contribution in [0.15, 0.2) is 11.6 Å². The third kappa shape index (κ3) is 1.89. The molecule has 1 saturated heterocycles. The topological polar surface area (TPSA) is 79.7 Å². The summed E-state index contributed by atoms with van der Waals surface area (Å²) >= 11 is 0. The second kappa shape index (κ2) is 5.55. The van der Waals surface area contributed by atoms with E-state index in [2.05, 4.69) is 26.0 Å². The minimum Gasteiger partial charge on any atom is -0.380 e. The Bertz CT molecular complexity index is 842. The van der Waals surface area contributed by atoms with Crippen molar-refractivity contribution in [3.8, 4) is 6.07 Å². The van der Waals surface area contributed by atoms with Crippen LogP contribution in [0.5, 0.6) is 0 Å². The summed E-state index contributed by atoms with van der Waals surface area (Å²) in [5, 5.41) is 9.86. The van der Waals surface area contributed by atoms with Crippen molar-refractivity contribution >= 4 is 11.6 Å². The number of carbonyl (C=O) groups is 2. The summed E-state index contributed by atoms with van der Waals surface area (Å²) in [6, 6.07) is 2.43. The second-order valence-corrected chi connectivity index (χ2v) is 10.2. The molecule has 5 aliphatic rings. The molecule has 5 heteroatoms. The van der Waals surface area contributed by atoms with Gasteiger partial charge in [0.15, 0.2) is 0 Å². The molecular weight excluding hydrogens is 354 g/mol. The number of ether oxygens (including phenoxy) is 2. The van der Waals surface area contributed by atoms with Gasteiger partial charge < -0.3 is 9.47 Å². The van der Waals surface area contributed by atoms with Crippen LogP contribution < -0.4 is 0 Å². The zero-order valence-electron chi connectivity index (χ0n) is 17.0. The average Bonchev–Trinajstić information content (AvgIpc) is 3.21. The number of rotatable bonds is 2. The van der Waals surface area contributed by atoms with Crippen molar-refractivity contribution in [1.82, 2.24) is 0 Å². The highest BCUT2D eigenvalue weighted by atomic mass is 16.7. The van der Waals surface area contributed by atoms with Crippen LogP contribution in [0.3, 0.4) is 0 Å². The van der Waals surface area contributed by atoms with E-state index in [4.69, 9.17) is 9.47 Å². The minimum absolute atomic E-state index is 0.0579. The maximum atomic E-state index is 13.0. The van der Waals surface area contributed by atoms with E-state index in [1.807, 2.05) is 0 Å². The van der Waals surface area contributed by atoms with Gasteiger partial charge in [0.2, 0.25) is 5.60 Å². The number of hydrogen-bond acceptors (Lipinski definition) is 5. The molecule has 1 spiro atoms. The van der Waals surface area contributed by atoms with Crippen LogP contribution in [0, 0.1) is 39.9 Å². The molecular formula is C23H29NO4. The number of methoxy groups -OCH3 is 1. The van der Waals surface area contributed by atoms with Gasteiger partial charge in [-0.05, 0) is 56.8 Å². The first kappa shape index (κ1) is 18.5. The molecule has 5 nitrogen and oxygen atoms in total. The van der Waals surface area contributed by atoms with Gasteiger partial charge in [-0.1, -0.05) is 18.6 Å². The highest BCUT2D eigenvalue weighted by Gasteiger charge is 2.82. The van der Waals surface area contributed by atoms with Crippen molar-refractivity contribution in [2.45, 2.75) is 70.0 Å². The smallest absolute Gasteiger partial charge is 0.207 e. The lowest BCUT2D eigenvalue weighted by atomic mass is 9.46. The Hall–Kier alpha value is -1.51. The van der Waals surface area contributed by atoms with E-state index in [-0.39, 0.29) is 23.4 Å². The number of allylic oxidation sites excluding steroid dienone is 2. The fourth-order valence-corrected chi connectivity index (χ4v) is 7.94. The van der Waals surface area contributed by atoms with Crippen molar-refractivity contribution in [3.05, 3.63) is 11.6 Å². The fourth-order valence-electron chi connectivity index (χ4n) is 7.94. The van der Waals surface area contributed by atoms with Gasteiger partial charge in [-0.25, -0.2) is 0 Å². The summed E-state index contributed by atoms with van der Waals surface area (Å²) in [5.74, 6) is 1.36. The zero-order chi connectivity index (χ0) is 19.9. The lowest BCUT2D eigenvalue weighted by Crippen LogP contribution is -2.55. The Morgan fingerprint density at radius 1 is 1.21 bits per heavy atom. The molecule has 0 radical (unpaired) electrons. The van der Waals surface area contributed by atoms with Crippen molar-refractivity contribution in [2.24, 2.45) is 28.6 Å². The number of fused-ring (bicyclic) bond motifs is 6. The van der Waals surface area contributed by atoms with E-state index in [0.29, 0.717) is 30.8 Å². The third-order valence-corrected chi connectivity index (χ3v) is 9.41. The molecule has 1 unspecified atom stereocenters. The molecule has 4 aliphatic carbocycles. The van der Waals surface area contributed by atoms with Crippen LogP contribution in [0.25, 0.3) is 0 Å². The minimum atomic E-state index is -0.815. The maximum Gasteiger partial charge on any atom is 0.207 e. The summed E-state index contributed by atoms with van der Waals surface area (Å²) in [6.45, 7) is 4.72. The Labute approximate surface area is 166 Å². The second-order valence-electron chi connectivity index (χ2n) is 10.2. The molecule has 7 atom stereocenters. The van der Waals surface area contributed by atoms with Gasteiger partial charge >= 0.3 is 0 Å². The molecule has 0 bridgehead atoms. The third-order valence-electron chi connectivity index (χ3n) is 9.41. The summed E-state index contributed by atoms with van der Waals surface area (Å²) in [5.41, 5.74) is -0.683. The Morgan fingerprint density at radius 3 is 2.68 bits per heavy atom. The predicted molar refractivity (Wildman–Crippen MR) is 101 cm³/mol. The van der Waals surface area contributed by atoms with Crippen molar-refractivity contribution in [3.63, 3.8) is 0 Å². The Kier molecular flexibility index (Phi) is 3.67. The largest absolute Gasteiger partial charge is 0.380 e. The van der Waals surface area contributed by atoms with Crippen LogP contribution in [-0.2, 0) is 19.1 Å². The highest BCUT2D eigenvalue weighted by Crippen LogP contribution is 2.75. The van der Waals surface area contributed by atoms with Crippen LogP contribution in [0.1, 0.15) is 58.8 Å². The van der Waals surface area contributed by atoms with E-state index in [9.17, 15) is 14.9 Å². The monoisotopic (exact) mass is 383 g/mol. The van der Waals surface area contributed by atoms with E-state index >= 15 is 0 Å². The lowest BCUT2D eigenvalue weighted by Gasteiger charge is -2.56. The van der Waals surface area contributed by atoms with Crippen LogP contribution in [0.2, 0.25) is 0 Å². The molecule has 0 amide bonds. The summed E-state index contributed by atoms with van der Waals surface area (Å²) in [4.78, 5) is 25.0. The number of ketones is 2.